The van der Waals surface area contributed by atoms with Gasteiger partial charge in [0.05, 0.1) is 12.1 Å². The zero-order valence-corrected chi connectivity index (χ0v) is 14.4. The molecule has 0 saturated carbocycles. The van der Waals surface area contributed by atoms with Crippen LogP contribution in [-0.4, -0.2) is 51.2 Å². The molecule has 3 heterocycles. The Morgan fingerprint density at radius 2 is 2.29 bits per heavy atom. The molecule has 0 spiro atoms. The third-order valence-corrected chi connectivity index (χ3v) is 3.86. The number of carbonyl (C=O) groups excluding carboxylic acids is 1. The zero-order valence-electron chi connectivity index (χ0n) is 14.4. The maximum absolute atomic E-state index is 12.2. The van der Waals surface area contributed by atoms with Gasteiger partial charge in [-0.05, 0) is 45.7 Å². The van der Waals surface area contributed by atoms with Crippen molar-refractivity contribution in [3.05, 3.63) is 18.3 Å². The van der Waals surface area contributed by atoms with Crippen molar-refractivity contribution >= 4 is 17.3 Å². The van der Waals surface area contributed by atoms with Crippen molar-refractivity contribution in [1.82, 2.24) is 19.9 Å². The molecule has 130 valence electrons. The Morgan fingerprint density at radius 1 is 1.46 bits per heavy atom. The number of piperidine rings is 1. The molecule has 2 aromatic heterocycles. The van der Waals surface area contributed by atoms with E-state index in [9.17, 15) is 4.79 Å². The molecular formula is C17H24N4O3. The Balaban J connectivity index is 1.54. The Bertz CT molecular complexity index is 674. The number of nitrogens with one attached hydrogen (secondary N) is 1. The number of ether oxygens (including phenoxy) is 2. The summed E-state index contributed by atoms with van der Waals surface area (Å²) < 4.78 is 11.2. The minimum atomic E-state index is -0.470. The molecule has 0 aliphatic carbocycles. The highest BCUT2D eigenvalue weighted by atomic mass is 16.6. The van der Waals surface area contributed by atoms with Gasteiger partial charge in [0.1, 0.15) is 5.60 Å². The summed E-state index contributed by atoms with van der Waals surface area (Å²) in [6.07, 6.45) is 3.43. The molecule has 0 bridgehead atoms. The van der Waals surface area contributed by atoms with Crippen molar-refractivity contribution in [2.75, 3.05) is 19.7 Å². The molecule has 1 aliphatic heterocycles. The van der Waals surface area contributed by atoms with Crippen molar-refractivity contribution in [1.29, 1.82) is 0 Å². The number of aromatic amines is 1. The van der Waals surface area contributed by atoms with E-state index >= 15 is 0 Å². The lowest BCUT2D eigenvalue weighted by Gasteiger charge is -2.33. The number of fused-ring (bicyclic) bond motifs is 1. The topological polar surface area (TPSA) is 80.3 Å². The minimum Gasteiger partial charge on any atom is -0.464 e. The van der Waals surface area contributed by atoms with Crippen LogP contribution in [0.15, 0.2) is 18.3 Å². The maximum Gasteiger partial charge on any atom is 0.410 e. The van der Waals surface area contributed by atoms with Crippen LogP contribution in [0.3, 0.4) is 0 Å². The normalized spacial score (nSPS) is 18.6. The predicted molar refractivity (Wildman–Crippen MR) is 89.9 cm³/mol. The van der Waals surface area contributed by atoms with Crippen LogP contribution in [0.25, 0.3) is 11.2 Å². The molecule has 2 aromatic rings. The Labute approximate surface area is 141 Å². The molecule has 1 N–H and O–H groups in total. The molecule has 0 unspecified atom stereocenters. The fourth-order valence-corrected chi connectivity index (χ4v) is 2.78. The lowest BCUT2D eigenvalue weighted by atomic mass is 9.99. The molecular weight excluding hydrogens is 308 g/mol. The van der Waals surface area contributed by atoms with E-state index in [1.54, 1.807) is 11.1 Å². The summed E-state index contributed by atoms with van der Waals surface area (Å²) in [7, 11) is 0. The van der Waals surface area contributed by atoms with Gasteiger partial charge in [-0.15, -0.1) is 0 Å². The van der Waals surface area contributed by atoms with E-state index < -0.39 is 5.60 Å². The lowest BCUT2D eigenvalue weighted by Crippen LogP contribution is -2.44. The van der Waals surface area contributed by atoms with Gasteiger partial charge in [-0.25, -0.2) is 9.78 Å². The number of pyridine rings is 1. The highest BCUT2D eigenvalue weighted by molar-refractivity contribution is 5.70. The van der Waals surface area contributed by atoms with Crippen molar-refractivity contribution in [2.45, 2.75) is 39.2 Å². The fraction of sp³-hybridized carbons (Fsp3) is 0.588. The van der Waals surface area contributed by atoms with Gasteiger partial charge in [0.25, 0.3) is 6.01 Å². The lowest BCUT2D eigenvalue weighted by molar-refractivity contribution is 0.0137. The summed E-state index contributed by atoms with van der Waals surface area (Å²) in [4.78, 5) is 25.5. The summed E-state index contributed by atoms with van der Waals surface area (Å²) >= 11 is 0. The van der Waals surface area contributed by atoms with Crippen molar-refractivity contribution < 1.29 is 14.3 Å². The molecule has 7 heteroatoms. The quantitative estimate of drug-likeness (QED) is 0.934. The van der Waals surface area contributed by atoms with Crippen LogP contribution in [0, 0.1) is 5.92 Å². The third-order valence-electron chi connectivity index (χ3n) is 3.86. The summed E-state index contributed by atoms with van der Waals surface area (Å²) in [6.45, 7) is 7.54. The summed E-state index contributed by atoms with van der Waals surface area (Å²) in [5.41, 5.74) is 1.03. The molecule has 1 fully saturated rings. The second-order valence-corrected chi connectivity index (χ2v) is 7.16. The number of carbonyl (C=O) groups is 1. The van der Waals surface area contributed by atoms with Crippen LogP contribution in [-0.2, 0) is 4.74 Å². The third kappa shape index (κ3) is 4.15. The van der Waals surface area contributed by atoms with E-state index in [0.29, 0.717) is 24.8 Å². The second-order valence-electron chi connectivity index (χ2n) is 7.16. The summed E-state index contributed by atoms with van der Waals surface area (Å²) in [6, 6.07) is 4.23. The monoisotopic (exact) mass is 332 g/mol. The Kier molecular flexibility index (Phi) is 4.59. The van der Waals surface area contributed by atoms with E-state index in [4.69, 9.17) is 9.47 Å². The minimum absolute atomic E-state index is 0.250. The first-order valence-corrected chi connectivity index (χ1v) is 8.32. The molecule has 0 aromatic carbocycles. The number of hydrogen-bond donors (Lipinski definition) is 1. The zero-order chi connectivity index (χ0) is 17.2. The average molecular weight is 332 g/mol. The fourth-order valence-electron chi connectivity index (χ4n) is 2.78. The van der Waals surface area contributed by atoms with Gasteiger partial charge in [-0.1, -0.05) is 0 Å². The molecule has 1 amide bonds. The van der Waals surface area contributed by atoms with E-state index in [-0.39, 0.29) is 12.0 Å². The SMILES string of the molecule is CC(C)(C)OC(=O)N1CCC[C@@H](COc2nc3ncccc3[nH]2)C1. The van der Waals surface area contributed by atoms with Gasteiger partial charge in [0.15, 0.2) is 5.65 Å². The van der Waals surface area contributed by atoms with Gasteiger partial charge in [-0.3, -0.25) is 0 Å². The van der Waals surface area contributed by atoms with Crippen LogP contribution in [0.1, 0.15) is 33.6 Å². The molecule has 1 saturated heterocycles. The van der Waals surface area contributed by atoms with E-state index in [1.165, 1.54) is 0 Å². The Morgan fingerprint density at radius 3 is 3.04 bits per heavy atom. The average Bonchev–Trinajstić information content (AvgIpc) is 2.94. The highest BCUT2D eigenvalue weighted by Crippen LogP contribution is 2.21. The molecule has 7 nitrogen and oxygen atoms in total. The van der Waals surface area contributed by atoms with Crippen LogP contribution in [0.5, 0.6) is 6.01 Å². The molecule has 3 rings (SSSR count). The predicted octanol–water partition coefficient (Wildman–Crippen LogP) is 2.98. The molecule has 1 aliphatic rings. The molecule has 1 atom stereocenters. The molecule has 0 radical (unpaired) electrons. The number of aromatic nitrogens is 3. The number of rotatable bonds is 3. The smallest absolute Gasteiger partial charge is 0.410 e. The number of hydrogen-bond acceptors (Lipinski definition) is 5. The summed E-state index contributed by atoms with van der Waals surface area (Å²) in [5.74, 6) is 0.271. The van der Waals surface area contributed by atoms with Crippen LogP contribution < -0.4 is 4.74 Å². The van der Waals surface area contributed by atoms with Crippen molar-refractivity contribution in [2.24, 2.45) is 5.92 Å². The second kappa shape index (κ2) is 6.67. The highest BCUT2D eigenvalue weighted by Gasteiger charge is 2.28. The number of amides is 1. The van der Waals surface area contributed by atoms with Crippen LogP contribution >= 0.6 is 0 Å². The first kappa shape index (κ1) is 16.5. The van der Waals surface area contributed by atoms with Gasteiger partial charge in [-0.2, -0.15) is 4.98 Å². The van der Waals surface area contributed by atoms with Crippen LogP contribution in [0.2, 0.25) is 0 Å². The number of imidazole rings is 1. The van der Waals surface area contributed by atoms with E-state index in [1.807, 2.05) is 32.9 Å². The maximum atomic E-state index is 12.2. The van der Waals surface area contributed by atoms with E-state index in [2.05, 4.69) is 15.0 Å². The number of nitrogens with zero attached hydrogens (tertiary/aromatic N) is 3. The summed E-state index contributed by atoms with van der Waals surface area (Å²) in [5, 5.41) is 0. The van der Waals surface area contributed by atoms with Crippen LogP contribution in [0.4, 0.5) is 4.79 Å². The first-order valence-electron chi connectivity index (χ1n) is 8.32. The first-order chi connectivity index (χ1) is 11.4. The molecule has 24 heavy (non-hydrogen) atoms. The van der Waals surface area contributed by atoms with Gasteiger partial charge < -0.3 is 19.4 Å². The van der Waals surface area contributed by atoms with Crippen molar-refractivity contribution in [3.63, 3.8) is 0 Å². The van der Waals surface area contributed by atoms with E-state index in [0.717, 1.165) is 24.9 Å². The largest absolute Gasteiger partial charge is 0.464 e. The number of likely N-dealkylation sites (tertiary alicyclic amines) is 1. The van der Waals surface area contributed by atoms with Gasteiger partial charge in [0.2, 0.25) is 0 Å². The number of H-pyrrole nitrogens is 1. The van der Waals surface area contributed by atoms with Gasteiger partial charge in [0, 0.05) is 25.2 Å². The Hall–Kier alpha value is -2.31. The standard InChI is InChI=1S/C17H24N4O3/c1-17(2,3)24-16(22)21-9-5-6-12(10-21)11-23-15-19-13-7-4-8-18-14(13)20-15/h4,7-8,12H,5-6,9-11H2,1-3H3,(H,18,19,20)/t12-/m1/s1. The van der Waals surface area contributed by atoms with Crippen molar-refractivity contribution in [3.8, 4) is 6.01 Å². The van der Waals surface area contributed by atoms with Gasteiger partial charge >= 0.3 is 6.09 Å².